The molecule has 0 saturated heterocycles. The summed E-state index contributed by atoms with van der Waals surface area (Å²) in [5.41, 5.74) is 15.6. The molecule has 0 aliphatic heterocycles. The first-order valence-corrected chi connectivity index (χ1v) is 23.7. The third-order valence-electron chi connectivity index (χ3n) is 10.1. The van der Waals surface area contributed by atoms with Crippen molar-refractivity contribution in [2.24, 2.45) is 23.3 Å². The molecule has 4 aromatic rings. The van der Waals surface area contributed by atoms with Crippen LogP contribution >= 0.6 is 0 Å². The molecule has 0 unspecified atom stereocenters. The van der Waals surface area contributed by atoms with E-state index in [2.05, 4.69) is 48.7 Å². The molecule has 66 heavy (non-hydrogen) atoms. The van der Waals surface area contributed by atoms with Gasteiger partial charge in [0.2, 0.25) is 0 Å². The average Bonchev–Trinajstić information content (AvgIpc) is 3.32. The summed E-state index contributed by atoms with van der Waals surface area (Å²) >= 11 is 0. The number of carbonyl (C=O) groups excluding carboxylic acids is 4. The molecule has 0 aliphatic rings. The molecular weight excluding hydrogens is 829 g/mol. The summed E-state index contributed by atoms with van der Waals surface area (Å²) in [6, 6.07) is 38.2. The Bertz CT molecular complexity index is 1780. The lowest BCUT2D eigenvalue weighted by molar-refractivity contribution is -0.122. The summed E-state index contributed by atoms with van der Waals surface area (Å²) < 4.78 is 10.6. The van der Waals surface area contributed by atoms with Crippen molar-refractivity contribution in [3.05, 3.63) is 144 Å². The van der Waals surface area contributed by atoms with Crippen LogP contribution in [-0.2, 0) is 45.1 Å². The number of ether oxygens (including phenoxy) is 2. The summed E-state index contributed by atoms with van der Waals surface area (Å²) in [4.78, 5) is 49.6. The van der Waals surface area contributed by atoms with E-state index in [1.165, 1.54) is 11.1 Å². The van der Waals surface area contributed by atoms with Gasteiger partial charge in [-0.3, -0.25) is 9.59 Å². The van der Waals surface area contributed by atoms with Crippen LogP contribution in [0.5, 0.6) is 0 Å². The normalized spacial score (nSPS) is 11.9. The van der Waals surface area contributed by atoms with Gasteiger partial charge in [0.25, 0.3) is 0 Å². The Morgan fingerprint density at radius 3 is 1.44 bits per heavy atom. The minimum absolute atomic E-state index is 0. The number of nitrogens with one attached hydrogen (secondary N) is 2. The SMILES string of the molecule is C.CC.CCCCO.C[C@H](CC(=O)[C@@H](N)CCCCN)Cc1ccccc1.C[C@H](CC(=O)[C@H](CCCCNC(=O)OCc1ccccc1)NC(=O)OCc1ccccc1)Cc1ccccc1. The Labute approximate surface area is 397 Å². The van der Waals surface area contributed by atoms with Gasteiger partial charge < -0.3 is 36.7 Å². The first kappa shape index (κ1) is 60.6. The number of Topliss-reactive ketones (excluding diaryl/α,β-unsaturated/α-hetero) is 2. The van der Waals surface area contributed by atoms with Crippen LogP contribution < -0.4 is 22.1 Å². The quantitative estimate of drug-likeness (QED) is 0.0383. The molecule has 11 nitrogen and oxygen atoms in total. The van der Waals surface area contributed by atoms with Crippen molar-refractivity contribution in [1.82, 2.24) is 10.6 Å². The first-order valence-electron chi connectivity index (χ1n) is 23.7. The number of aliphatic hydroxyl groups excluding tert-OH is 1. The fraction of sp³-hybridized carbons (Fsp3) is 0.491. The Morgan fingerprint density at radius 1 is 0.591 bits per heavy atom. The van der Waals surface area contributed by atoms with E-state index in [1.54, 1.807) is 0 Å². The van der Waals surface area contributed by atoms with Gasteiger partial charge >= 0.3 is 12.2 Å². The molecule has 0 fully saturated rings. The highest BCUT2D eigenvalue weighted by Gasteiger charge is 2.23. The number of alkyl carbamates (subject to hydrolysis) is 2. The smallest absolute Gasteiger partial charge is 0.408 e. The molecule has 0 bridgehead atoms. The Balaban J connectivity index is 0.00000130. The summed E-state index contributed by atoms with van der Waals surface area (Å²) in [6.07, 6.45) is 7.96. The highest BCUT2D eigenvalue weighted by Crippen LogP contribution is 2.16. The van der Waals surface area contributed by atoms with Crippen molar-refractivity contribution in [3.63, 3.8) is 0 Å². The van der Waals surface area contributed by atoms with E-state index in [-0.39, 0.29) is 44.2 Å². The summed E-state index contributed by atoms with van der Waals surface area (Å²) in [6.45, 7) is 12.0. The van der Waals surface area contributed by atoms with E-state index < -0.39 is 18.2 Å². The van der Waals surface area contributed by atoms with Gasteiger partial charge in [-0.2, -0.15) is 0 Å². The van der Waals surface area contributed by atoms with Crippen LogP contribution in [0.2, 0.25) is 0 Å². The number of ketones is 2. The van der Waals surface area contributed by atoms with E-state index in [9.17, 15) is 19.2 Å². The lowest BCUT2D eigenvalue weighted by atomic mass is 9.92. The van der Waals surface area contributed by atoms with Crippen molar-refractivity contribution >= 4 is 23.8 Å². The molecule has 0 spiro atoms. The highest BCUT2D eigenvalue weighted by molar-refractivity contribution is 5.87. The second-order valence-electron chi connectivity index (χ2n) is 16.1. The second kappa shape index (κ2) is 40.0. The molecular formula is C55H84N4O7. The number of aliphatic hydroxyl groups is 1. The Kier molecular flexibility index (Phi) is 36.7. The monoisotopic (exact) mass is 913 g/mol. The molecule has 0 saturated carbocycles. The van der Waals surface area contributed by atoms with Crippen molar-refractivity contribution in [1.29, 1.82) is 0 Å². The van der Waals surface area contributed by atoms with Gasteiger partial charge in [-0.15, -0.1) is 0 Å². The third kappa shape index (κ3) is 30.7. The van der Waals surface area contributed by atoms with Crippen LogP contribution in [0.4, 0.5) is 9.59 Å². The number of amides is 2. The predicted octanol–water partition coefficient (Wildman–Crippen LogP) is 10.9. The molecule has 0 heterocycles. The van der Waals surface area contributed by atoms with Gasteiger partial charge in [-0.25, -0.2) is 9.59 Å². The van der Waals surface area contributed by atoms with E-state index in [0.29, 0.717) is 57.7 Å². The van der Waals surface area contributed by atoms with Crippen LogP contribution in [-0.4, -0.2) is 60.6 Å². The molecule has 7 N–H and O–H groups in total. The first-order chi connectivity index (χ1) is 31.5. The van der Waals surface area contributed by atoms with E-state index in [4.69, 9.17) is 26.0 Å². The van der Waals surface area contributed by atoms with Crippen LogP contribution in [0, 0.1) is 11.8 Å². The number of rotatable bonds is 26. The lowest BCUT2D eigenvalue weighted by Gasteiger charge is -2.20. The van der Waals surface area contributed by atoms with Crippen LogP contribution in [0.15, 0.2) is 121 Å². The van der Waals surface area contributed by atoms with Crippen molar-refractivity contribution < 1.29 is 33.8 Å². The van der Waals surface area contributed by atoms with Crippen molar-refractivity contribution in [2.45, 2.75) is 144 Å². The molecule has 0 radical (unpaired) electrons. The maximum atomic E-state index is 13.2. The van der Waals surface area contributed by atoms with Crippen molar-refractivity contribution in [2.75, 3.05) is 19.7 Å². The summed E-state index contributed by atoms with van der Waals surface area (Å²) in [5.74, 6) is 0.631. The fourth-order valence-electron chi connectivity index (χ4n) is 6.64. The van der Waals surface area contributed by atoms with Gasteiger partial charge in [0.1, 0.15) is 19.0 Å². The maximum absolute atomic E-state index is 13.2. The number of unbranched alkanes of at least 4 members (excludes halogenated alkanes) is 3. The Morgan fingerprint density at radius 2 is 1.02 bits per heavy atom. The second-order valence-corrected chi connectivity index (χ2v) is 16.1. The minimum atomic E-state index is -0.656. The van der Waals surface area contributed by atoms with E-state index >= 15 is 0 Å². The number of nitrogens with two attached hydrogens (primary N) is 2. The van der Waals surface area contributed by atoms with E-state index in [1.807, 2.05) is 118 Å². The third-order valence-corrected chi connectivity index (χ3v) is 10.1. The lowest BCUT2D eigenvalue weighted by Crippen LogP contribution is -2.41. The molecule has 366 valence electrons. The van der Waals surface area contributed by atoms with Gasteiger partial charge in [0, 0.05) is 26.0 Å². The number of benzene rings is 4. The molecule has 4 atom stereocenters. The van der Waals surface area contributed by atoms with Gasteiger partial charge in [0.15, 0.2) is 5.78 Å². The zero-order valence-electron chi connectivity index (χ0n) is 39.9. The zero-order valence-corrected chi connectivity index (χ0v) is 39.9. The van der Waals surface area contributed by atoms with Crippen LogP contribution in [0.1, 0.15) is 129 Å². The zero-order chi connectivity index (χ0) is 47.9. The van der Waals surface area contributed by atoms with E-state index in [0.717, 1.165) is 56.1 Å². The molecule has 11 heteroatoms. The number of carbonyl (C=O) groups is 4. The predicted molar refractivity (Wildman–Crippen MR) is 271 cm³/mol. The van der Waals surface area contributed by atoms with Crippen molar-refractivity contribution in [3.8, 4) is 0 Å². The minimum Gasteiger partial charge on any atom is -0.445 e. The van der Waals surface area contributed by atoms with Crippen LogP contribution in [0.25, 0.3) is 0 Å². The van der Waals surface area contributed by atoms with Gasteiger partial charge in [0.05, 0.1) is 12.1 Å². The fourth-order valence-corrected chi connectivity index (χ4v) is 6.64. The molecule has 0 aromatic heterocycles. The molecule has 4 rings (SSSR count). The summed E-state index contributed by atoms with van der Waals surface area (Å²) in [5, 5.41) is 13.6. The number of hydrogen-bond acceptors (Lipinski definition) is 9. The summed E-state index contributed by atoms with van der Waals surface area (Å²) in [7, 11) is 0. The highest BCUT2D eigenvalue weighted by atomic mass is 16.6. The van der Waals surface area contributed by atoms with Crippen LogP contribution in [0.3, 0.4) is 0 Å². The Hall–Kier alpha value is -5.36. The maximum Gasteiger partial charge on any atom is 0.408 e. The molecule has 0 aliphatic carbocycles. The van der Waals surface area contributed by atoms with Gasteiger partial charge in [-0.05, 0) is 92.0 Å². The number of hydrogen-bond donors (Lipinski definition) is 5. The van der Waals surface area contributed by atoms with Gasteiger partial charge in [-0.1, -0.05) is 176 Å². The topological polar surface area (TPSA) is 183 Å². The standard InChI is InChI=1S/C32H38N2O5.C16H26N2O.C4H10O.C2H6.CH4/c1-25(21-26-13-5-2-6-14-26)22-30(35)29(34-32(37)39-24-28-17-9-4-10-18-28)19-11-12-20-33-31(36)38-23-27-15-7-3-8-16-27;1-13(11-14-7-3-2-4-8-14)12-16(19)15(18)9-5-6-10-17;1-2-3-4-5;1-2;/h2-10,13-18,25,29H,11-12,19-24H2,1H3,(H,33,36)(H,34,37);2-4,7-8,13,15H,5-6,9-12,17-18H2,1H3;5H,2-4H2,1H3;1-2H3;1H4/t25-,29-;13-,15-;;;/m00.../s1. The largest absolute Gasteiger partial charge is 0.445 e. The average molecular weight is 913 g/mol. The molecule has 4 aromatic carbocycles. The molecule has 2 amide bonds.